The summed E-state index contributed by atoms with van der Waals surface area (Å²) >= 11 is 0. The van der Waals surface area contributed by atoms with Gasteiger partial charge in [-0.3, -0.25) is 4.79 Å². The van der Waals surface area contributed by atoms with Gasteiger partial charge >= 0.3 is 0 Å². The highest BCUT2D eigenvalue weighted by Gasteiger charge is 2.17. The fourth-order valence-corrected chi connectivity index (χ4v) is 2.06. The van der Waals surface area contributed by atoms with E-state index in [-0.39, 0.29) is 11.9 Å². The predicted molar refractivity (Wildman–Crippen MR) is 91.4 cm³/mol. The first-order valence-electron chi connectivity index (χ1n) is 8.04. The maximum atomic E-state index is 12.1. The van der Waals surface area contributed by atoms with E-state index in [9.17, 15) is 4.79 Å². The van der Waals surface area contributed by atoms with Crippen LogP contribution in [0.5, 0.6) is 5.75 Å². The fourth-order valence-electron chi connectivity index (χ4n) is 2.06. The number of amides is 1. The number of carbonyl (C=O) groups is 1. The molecule has 1 amide bonds. The summed E-state index contributed by atoms with van der Waals surface area (Å²) in [6.07, 6.45) is 1.02. The molecular formula is C18H30N2O2. The molecule has 0 saturated heterocycles. The number of likely N-dealkylation sites (N-methyl/N-ethyl adjacent to an activating group) is 1. The number of carbonyl (C=O) groups excluding carboxylic acids is 1. The van der Waals surface area contributed by atoms with E-state index < -0.39 is 0 Å². The van der Waals surface area contributed by atoms with Crippen LogP contribution in [0.2, 0.25) is 0 Å². The van der Waals surface area contributed by atoms with E-state index in [1.165, 1.54) is 5.56 Å². The Balaban J connectivity index is 2.46. The maximum Gasteiger partial charge on any atom is 0.236 e. The summed E-state index contributed by atoms with van der Waals surface area (Å²) in [5.41, 5.74) is 2.35. The highest BCUT2D eigenvalue weighted by atomic mass is 16.5. The third kappa shape index (κ3) is 5.68. The molecule has 1 rings (SSSR count). The van der Waals surface area contributed by atoms with Crippen LogP contribution in [0.3, 0.4) is 0 Å². The minimum atomic E-state index is 0.0342. The van der Waals surface area contributed by atoms with Gasteiger partial charge in [-0.1, -0.05) is 24.6 Å². The van der Waals surface area contributed by atoms with Crippen molar-refractivity contribution < 1.29 is 9.53 Å². The number of nitrogens with zero attached hydrogens (tertiary/aromatic N) is 1. The van der Waals surface area contributed by atoms with Crippen LogP contribution in [0.25, 0.3) is 0 Å². The average Bonchev–Trinajstić information content (AvgIpc) is 2.50. The molecule has 0 aliphatic heterocycles. The topological polar surface area (TPSA) is 41.6 Å². The van der Waals surface area contributed by atoms with E-state index in [0.717, 1.165) is 17.7 Å². The molecule has 1 N–H and O–H groups in total. The van der Waals surface area contributed by atoms with Crippen molar-refractivity contribution in [3.63, 3.8) is 0 Å². The molecule has 0 fully saturated rings. The molecule has 1 aromatic carbocycles. The molecule has 0 bridgehead atoms. The number of aryl methyl sites for hydroxylation is 2. The van der Waals surface area contributed by atoms with Gasteiger partial charge in [0, 0.05) is 13.1 Å². The molecule has 22 heavy (non-hydrogen) atoms. The number of hydrogen-bond donors (Lipinski definition) is 1. The van der Waals surface area contributed by atoms with Gasteiger partial charge < -0.3 is 15.0 Å². The third-order valence-corrected chi connectivity index (χ3v) is 4.08. The largest absolute Gasteiger partial charge is 0.491 e. The normalized spacial score (nSPS) is 13.5. The summed E-state index contributed by atoms with van der Waals surface area (Å²) in [7, 11) is 1.83. The Morgan fingerprint density at radius 1 is 1.32 bits per heavy atom. The Morgan fingerprint density at radius 2 is 2.00 bits per heavy atom. The molecule has 124 valence electrons. The molecule has 1 aromatic rings. The van der Waals surface area contributed by atoms with Crippen LogP contribution in [0.1, 0.15) is 38.3 Å². The van der Waals surface area contributed by atoms with Crippen LogP contribution in [-0.2, 0) is 4.79 Å². The quantitative estimate of drug-likeness (QED) is 0.803. The van der Waals surface area contributed by atoms with Crippen LogP contribution < -0.4 is 10.1 Å². The second kappa shape index (κ2) is 8.79. The van der Waals surface area contributed by atoms with Crippen LogP contribution in [-0.4, -0.2) is 43.1 Å². The molecule has 0 aliphatic carbocycles. The second-order valence-electron chi connectivity index (χ2n) is 6.12. The van der Waals surface area contributed by atoms with Gasteiger partial charge in [0.2, 0.25) is 5.91 Å². The van der Waals surface area contributed by atoms with Gasteiger partial charge in [0.05, 0.1) is 12.6 Å². The fraction of sp³-hybridized carbons (Fsp3) is 0.611. The van der Waals surface area contributed by atoms with Crippen molar-refractivity contribution in [2.45, 2.75) is 53.1 Å². The van der Waals surface area contributed by atoms with Gasteiger partial charge in [0.1, 0.15) is 12.4 Å². The van der Waals surface area contributed by atoms with Gasteiger partial charge in [0.15, 0.2) is 0 Å². The van der Waals surface area contributed by atoms with Crippen LogP contribution >= 0.6 is 0 Å². The average molecular weight is 306 g/mol. The van der Waals surface area contributed by atoms with E-state index >= 15 is 0 Å². The van der Waals surface area contributed by atoms with Crippen LogP contribution in [0, 0.1) is 13.8 Å². The number of hydrogen-bond acceptors (Lipinski definition) is 3. The Bertz CT molecular complexity index is 488. The summed E-state index contributed by atoms with van der Waals surface area (Å²) in [5, 5.41) is 3.22. The van der Waals surface area contributed by atoms with E-state index in [0.29, 0.717) is 19.2 Å². The first kappa shape index (κ1) is 18.5. The van der Waals surface area contributed by atoms with Crippen molar-refractivity contribution >= 4 is 5.91 Å². The summed E-state index contributed by atoms with van der Waals surface area (Å²) < 4.78 is 5.86. The molecule has 0 saturated carbocycles. The van der Waals surface area contributed by atoms with Crippen molar-refractivity contribution in [3.05, 3.63) is 29.3 Å². The highest BCUT2D eigenvalue weighted by Crippen LogP contribution is 2.19. The van der Waals surface area contributed by atoms with Crippen molar-refractivity contribution in [2.75, 3.05) is 20.2 Å². The lowest BCUT2D eigenvalue weighted by atomic mass is 10.1. The Hall–Kier alpha value is -1.55. The minimum absolute atomic E-state index is 0.0342. The molecule has 0 aromatic heterocycles. The van der Waals surface area contributed by atoms with Crippen molar-refractivity contribution in [2.24, 2.45) is 0 Å². The zero-order chi connectivity index (χ0) is 16.7. The smallest absolute Gasteiger partial charge is 0.236 e. The Morgan fingerprint density at radius 3 is 2.59 bits per heavy atom. The number of benzene rings is 1. The van der Waals surface area contributed by atoms with Crippen molar-refractivity contribution in [1.29, 1.82) is 0 Å². The molecule has 0 aliphatic rings. The van der Waals surface area contributed by atoms with Gasteiger partial charge in [-0.05, 0) is 45.7 Å². The Labute approximate surface area is 134 Å². The van der Waals surface area contributed by atoms with E-state index in [1.54, 1.807) is 4.90 Å². The van der Waals surface area contributed by atoms with Crippen molar-refractivity contribution in [1.82, 2.24) is 10.2 Å². The number of rotatable bonds is 8. The molecule has 4 heteroatoms. The lowest BCUT2D eigenvalue weighted by Crippen LogP contribution is -2.44. The van der Waals surface area contributed by atoms with Crippen molar-refractivity contribution in [3.8, 4) is 5.75 Å². The zero-order valence-corrected chi connectivity index (χ0v) is 14.8. The minimum Gasteiger partial charge on any atom is -0.491 e. The molecule has 2 unspecified atom stereocenters. The molecule has 2 atom stereocenters. The van der Waals surface area contributed by atoms with Gasteiger partial charge in [0.25, 0.3) is 0 Å². The molecule has 0 radical (unpaired) electrons. The van der Waals surface area contributed by atoms with Crippen LogP contribution in [0.15, 0.2) is 18.2 Å². The van der Waals surface area contributed by atoms with Gasteiger partial charge in [-0.2, -0.15) is 0 Å². The van der Waals surface area contributed by atoms with Crippen LogP contribution in [0.4, 0.5) is 0 Å². The van der Waals surface area contributed by atoms with Gasteiger partial charge in [-0.25, -0.2) is 0 Å². The second-order valence-corrected chi connectivity index (χ2v) is 6.12. The summed E-state index contributed by atoms with van der Waals surface area (Å²) in [5.74, 6) is 0.980. The highest BCUT2D eigenvalue weighted by molar-refractivity contribution is 5.78. The monoisotopic (exact) mass is 306 g/mol. The lowest BCUT2D eigenvalue weighted by Gasteiger charge is -2.26. The standard InChI is InChI=1S/C18H30N2O2/c1-7-15(4)19-11-18(21)20(6)16(5)12-22-17-9-8-13(2)10-14(17)3/h8-10,15-16,19H,7,11-12H2,1-6H3. The molecular weight excluding hydrogens is 276 g/mol. The zero-order valence-electron chi connectivity index (χ0n) is 14.8. The van der Waals surface area contributed by atoms with E-state index in [1.807, 2.05) is 33.0 Å². The summed E-state index contributed by atoms with van der Waals surface area (Å²) in [6, 6.07) is 6.53. The van der Waals surface area contributed by atoms with E-state index in [2.05, 4.69) is 32.2 Å². The number of nitrogens with one attached hydrogen (secondary N) is 1. The first-order valence-corrected chi connectivity index (χ1v) is 8.04. The molecule has 4 nitrogen and oxygen atoms in total. The summed E-state index contributed by atoms with van der Waals surface area (Å²) in [4.78, 5) is 13.9. The third-order valence-electron chi connectivity index (χ3n) is 4.08. The summed E-state index contributed by atoms with van der Waals surface area (Å²) in [6.45, 7) is 11.2. The van der Waals surface area contributed by atoms with E-state index in [4.69, 9.17) is 4.74 Å². The lowest BCUT2D eigenvalue weighted by molar-refractivity contribution is -0.131. The maximum absolute atomic E-state index is 12.1. The number of ether oxygens (including phenoxy) is 1. The first-order chi connectivity index (χ1) is 10.3. The Kier molecular flexibility index (Phi) is 7.39. The van der Waals surface area contributed by atoms with Gasteiger partial charge in [-0.15, -0.1) is 0 Å². The predicted octanol–water partition coefficient (Wildman–Crippen LogP) is 2.92. The molecule has 0 heterocycles. The SMILES string of the molecule is CCC(C)NCC(=O)N(C)C(C)COc1ccc(C)cc1C. The molecule has 0 spiro atoms.